The lowest BCUT2D eigenvalue weighted by Gasteiger charge is -2.58. The highest BCUT2D eigenvalue weighted by molar-refractivity contribution is 5.25. The number of hydrogen-bond donors (Lipinski definition) is 1. The maximum Gasteiger partial charge on any atom is 0.0577 e. The predicted molar refractivity (Wildman–Crippen MR) is 105 cm³/mol. The molecular formula is C24H40O. The Hall–Kier alpha value is -0.300. The van der Waals surface area contributed by atoms with Crippen LogP contribution >= 0.6 is 0 Å². The molecule has 0 unspecified atom stereocenters. The minimum atomic E-state index is -0.0726. The lowest BCUT2D eigenvalue weighted by Crippen LogP contribution is -2.50. The molecule has 0 aromatic heterocycles. The van der Waals surface area contributed by atoms with E-state index in [0.717, 1.165) is 42.4 Å². The van der Waals surface area contributed by atoms with Gasteiger partial charge in [-0.25, -0.2) is 0 Å². The van der Waals surface area contributed by atoms with Crippen LogP contribution in [0.15, 0.2) is 11.6 Å². The first-order valence-electron chi connectivity index (χ1n) is 11.2. The SMILES string of the molecule is CC(C)CC[C@H]1CC[C@H]2[C@@H]3CC=C4C[C@@H](O)CC[C@]4(C)[C@H]3CC[C@]12C. The third-order valence-corrected chi connectivity index (χ3v) is 9.37. The number of allylic oxidation sites excluding steroid dienone is 1. The van der Waals surface area contributed by atoms with Gasteiger partial charge in [-0.3, -0.25) is 0 Å². The molecule has 7 atom stereocenters. The first kappa shape index (κ1) is 18.1. The monoisotopic (exact) mass is 344 g/mol. The van der Waals surface area contributed by atoms with Crippen LogP contribution in [0.1, 0.15) is 91.9 Å². The van der Waals surface area contributed by atoms with Gasteiger partial charge in [-0.05, 0) is 98.2 Å². The van der Waals surface area contributed by atoms with E-state index >= 15 is 0 Å². The zero-order chi connectivity index (χ0) is 17.8. The van der Waals surface area contributed by atoms with Gasteiger partial charge in [0.1, 0.15) is 0 Å². The Morgan fingerprint density at radius 3 is 2.64 bits per heavy atom. The van der Waals surface area contributed by atoms with E-state index in [9.17, 15) is 5.11 Å². The van der Waals surface area contributed by atoms with Crippen molar-refractivity contribution in [1.82, 2.24) is 0 Å². The van der Waals surface area contributed by atoms with Gasteiger partial charge in [0.25, 0.3) is 0 Å². The average molecular weight is 345 g/mol. The van der Waals surface area contributed by atoms with Crippen molar-refractivity contribution < 1.29 is 5.11 Å². The Morgan fingerprint density at radius 1 is 1.08 bits per heavy atom. The molecule has 0 aromatic rings. The van der Waals surface area contributed by atoms with Gasteiger partial charge in [0, 0.05) is 0 Å². The highest BCUT2D eigenvalue weighted by Gasteiger charge is 2.58. The van der Waals surface area contributed by atoms with Crippen LogP contribution in [0.3, 0.4) is 0 Å². The number of aliphatic hydroxyl groups is 1. The molecule has 3 fully saturated rings. The average Bonchev–Trinajstić information content (AvgIpc) is 2.90. The van der Waals surface area contributed by atoms with Gasteiger partial charge in [-0.1, -0.05) is 45.8 Å². The van der Waals surface area contributed by atoms with Crippen LogP contribution in [0.4, 0.5) is 0 Å². The van der Waals surface area contributed by atoms with Gasteiger partial charge in [0.15, 0.2) is 0 Å². The fourth-order valence-electron chi connectivity index (χ4n) is 7.76. The number of rotatable bonds is 3. The smallest absolute Gasteiger partial charge is 0.0577 e. The fourth-order valence-corrected chi connectivity index (χ4v) is 7.76. The molecule has 0 spiro atoms. The summed E-state index contributed by atoms with van der Waals surface area (Å²) >= 11 is 0. The van der Waals surface area contributed by atoms with Crippen LogP contribution in [-0.4, -0.2) is 11.2 Å². The van der Waals surface area contributed by atoms with E-state index in [1.807, 2.05) is 0 Å². The van der Waals surface area contributed by atoms with Gasteiger partial charge in [-0.15, -0.1) is 0 Å². The molecule has 25 heavy (non-hydrogen) atoms. The molecule has 4 rings (SSSR count). The summed E-state index contributed by atoms with van der Waals surface area (Å²) in [4.78, 5) is 0. The van der Waals surface area contributed by atoms with Gasteiger partial charge in [0.05, 0.1) is 6.10 Å². The van der Waals surface area contributed by atoms with Crippen LogP contribution in [-0.2, 0) is 0 Å². The van der Waals surface area contributed by atoms with Gasteiger partial charge >= 0.3 is 0 Å². The Kier molecular flexibility index (Phi) is 4.63. The lowest BCUT2D eigenvalue weighted by atomic mass is 9.47. The van der Waals surface area contributed by atoms with E-state index in [-0.39, 0.29) is 6.10 Å². The zero-order valence-electron chi connectivity index (χ0n) is 17.1. The zero-order valence-corrected chi connectivity index (χ0v) is 17.1. The van der Waals surface area contributed by atoms with Crippen LogP contribution < -0.4 is 0 Å². The molecule has 0 aliphatic heterocycles. The summed E-state index contributed by atoms with van der Waals surface area (Å²) in [5, 5.41) is 10.1. The number of aliphatic hydroxyl groups excluding tert-OH is 1. The Labute approximate surface area is 155 Å². The van der Waals surface area contributed by atoms with Crippen molar-refractivity contribution in [2.24, 2.45) is 40.4 Å². The van der Waals surface area contributed by atoms with E-state index in [0.29, 0.717) is 10.8 Å². The Morgan fingerprint density at radius 2 is 1.88 bits per heavy atom. The first-order valence-corrected chi connectivity index (χ1v) is 11.2. The van der Waals surface area contributed by atoms with E-state index in [4.69, 9.17) is 0 Å². The van der Waals surface area contributed by atoms with Crippen LogP contribution in [0.25, 0.3) is 0 Å². The molecule has 0 radical (unpaired) electrons. The maximum atomic E-state index is 10.1. The maximum absolute atomic E-state index is 10.1. The van der Waals surface area contributed by atoms with Crippen molar-refractivity contribution in [1.29, 1.82) is 0 Å². The van der Waals surface area contributed by atoms with Crippen molar-refractivity contribution >= 4 is 0 Å². The van der Waals surface area contributed by atoms with Crippen molar-refractivity contribution in [3.8, 4) is 0 Å². The van der Waals surface area contributed by atoms with E-state index in [1.165, 1.54) is 51.4 Å². The third-order valence-electron chi connectivity index (χ3n) is 9.37. The molecule has 142 valence electrons. The summed E-state index contributed by atoms with van der Waals surface area (Å²) in [7, 11) is 0. The van der Waals surface area contributed by atoms with Crippen LogP contribution in [0.2, 0.25) is 0 Å². The van der Waals surface area contributed by atoms with Crippen LogP contribution in [0.5, 0.6) is 0 Å². The Balaban J connectivity index is 1.56. The summed E-state index contributed by atoms with van der Waals surface area (Å²) in [5.41, 5.74) is 2.64. The molecule has 1 N–H and O–H groups in total. The quantitative estimate of drug-likeness (QED) is 0.590. The largest absolute Gasteiger partial charge is 0.393 e. The second-order valence-electron chi connectivity index (χ2n) is 10.9. The highest BCUT2D eigenvalue weighted by Crippen LogP contribution is 2.66. The molecule has 1 nitrogen and oxygen atoms in total. The van der Waals surface area contributed by atoms with E-state index < -0.39 is 0 Å². The number of hydrogen-bond acceptors (Lipinski definition) is 1. The summed E-state index contributed by atoms with van der Waals surface area (Å²) in [6.45, 7) is 9.99. The minimum absolute atomic E-state index is 0.0726. The molecule has 1 heteroatoms. The van der Waals surface area contributed by atoms with Gasteiger partial charge in [0.2, 0.25) is 0 Å². The molecule has 0 heterocycles. The summed E-state index contributed by atoms with van der Waals surface area (Å²) in [6.07, 6.45) is 15.8. The minimum Gasteiger partial charge on any atom is -0.393 e. The predicted octanol–water partition coefficient (Wildman–Crippen LogP) is 6.36. The van der Waals surface area contributed by atoms with Crippen molar-refractivity contribution in [2.45, 2.75) is 98.0 Å². The molecule has 3 saturated carbocycles. The molecule has 4 aliphatic rings. The third kappa shape index (κ3) is 2.84. The van der Waals surface area contributed by atoms with E-state index in [1.54, 1.807) is 5.57 Å². The summed E-state index contributed by atoms with van der Waals surface area (Å²) in [5.74, 6) is 4.61. The van der Waals surface area contributed by atoms with E-state index in [2.05, 4.69) is 33.8 Å². The summed E-state index contributed by atoms with van der Waals surface area (Å²) < 4.78 is 0. The van der Waals surface area contributed by atoms with Crippen LogP contribution in [0, 0.1) is 40.4 Å². The first-order chi connectivity index (χ1) is 11.8. The standard InChI is InChI=1S/C24H40O/c1-16(2)5-6-17-8-10-21-20-9-7-18-15-19(25)11-13-24(18,4)22(20)12-14-23(17,21)3/h7,16-17,19-22,25H,5-6,8-15H2,1-4H3/t17-,19-,20-,21-,22-,23+,24-/m0/s1. The molecule has 0 saturated heterocycles. The molecular weight excluding hydrogens is 304 g/mol. The highest BCUT2D eigenvalue weighted by atomic mass is 16.3. The van der Waals surface area contributed by atoms with Gasteiger partial charge < -0.3 is 5.11 Å². The lowest BCUT2D eigenvalue weighted by molar-refractivity contribution is -0.0511. The van der Waals surface area contributed by atoms with Crippen molar-refractivity contribution in [3.05, 3.63) is 11.6 Å². The second-order valence-corrected chi connectivity index (χ2v) is 10.9. The molecule has 0 amide bonds. The topological polar surface area (TPSA) is 20.2 Å². The fraction of sp³-hybridized carbons (Fsp3) is 0.917. The molecule has 4 aliphatic carbocycles. The number of fused-ring (bicyclic) bond motifs is 5. The molecule has 0 aromatic carbocycles. The van der Waals surface area contributed by atoms with Crippen molar-refractivity contribution in [3.63, 3.8) is 0 Å². The Bertz CT molecular complexity index is 534. The second kappa shape index (κ2) is 6.39. The molecule has 0 bridgehead atoms. The van der Waals surface area contributed by atoms with Crippen molar-refractivity contribution in [2.75, 3.05) is 0 Å². The summed E-state index contributed by atoms with van der Waals surface area (Å²) in [6, 6.07) is 0. The van der Waals surface area contributed by atoms with Gasteiger partial charge in [-0.2, -0.15) is 0 Å². The normalized spacial score (nSPS) is 49.4.